The van der Waals surface area contributed by atoms with Crippen LogP contribution in [-0.4, -0.2) is 46.6 Å². The first kappa shape index (κ1) is 22.3. The van der Waals surface area contributed by atoms with E-state index in [4.69, 9.17) is 9.47 Å². The molecule has 0 aliphatic carbocycles. The molecule has 0 bridgehead atoms. The molecule has 0 saturated heterocycles. The van der Waals surface area contributed by atoms with Gasteiger partial charge in [-0.2, -0.15) is 10.1 Å². The molecule has 0 saturated carbocycles. The molecule has 1 amide bonds. The summed E-state index contributed by atoms with van der Waals surface area (Å²) in [5.74, 6) is 2.10. The van der Waals surface area contributed by atoms with Crippen LogP contribution in [0.3, 0.4) is 0 Å². The summed E-state index contributed by atoms with van der Waals surface area (Å²) >= 11 is 0. The van der Waals surface area contributed by atoms with Gasteiger partial charge in [0.1, 0.15) is 17.5 Å². The van der Waals surface area contributed by atoms with Crippen molar-refractivity contribution in [3.8, 4) is 11.5 Å². The summed E-state index contributed by atoms with van der Waals surface area (Å²) in [6, 6.07) is 14.3. The molecular weight excluding hydrogens is 422 g/mol. The molecule has 172 valence electrons. The molecule has 0 spiro atoms. The number of allylic oxidation sites excluding steroid dienone is 1. The molecule has 1 atom stereocenters. The second-order valence-electron chi connectivity index (χ2n) is 7.62. The number of aromatic nitrogens is 3. The lowest BCUT2D eigenvalue weighted by molar-refractivity contribution is -0.113. The number of methoxy groups -OCH3 is 2. The number of nitrogens with one attached hydrogen (secondary N) is 2. The van der Waals surface area contributed by atoms with Crippen LogP contribution >= 0.6 is 0 Å². The van der Waals surface area contributed by atoms with Crippen LogP contribution in [0.2, 0.25) is 0 Å². The number of amides is 1. The number of hydrogen-bond acceptors (Lipinski definition) is 7. The first-order valence-electron chi connectivity index (χ1n) is 10.7. The molecule has 33 heavy (non-hydrogen) atoms. The summed E-state index contributed by atoms with van der Waals surface area (Å²) in [5.41, 5.74) is 2.58. The Hall–Kier alpha value is -3.85. The molecule has 2 aromatic carbocycles. The predicted octanol–water partition coefficient (Wildman–Crippen LogP) is 3.15. The molecule has 3 N–H and O–H groups in total. The number of ether oxygens (including phenoxy) is 2. The van der Waals surface area contributed by atoms with Crippen LogP contribution in [0.25, 0.3) is 0 Å². The van der Waals surface area contributed by atoms with E-state index < -0.39 is 6.04 Å². The maximum atomic E-state index is 13.6. The molecule has 9 heteroatoms. The second-order valence-corrected chi connectivity index (χ2v) is 7.62. The van der Waals surface area contributed by atoms with Crippen molar-refractivity contribution in [1.82, 2.24) is 14.8 Å². The highest BCUT2D eigenvalue weighted by molar-refractivity contribution is 6.06. The van der Waals surface area contributed by atoms with Gasteiger partial charge in [-0.15, -0.1) is 0 Å². The quantitative estimate of drug-likeness (QED) is 0.484. The molecule has 4 rings (SSSR count). The first-order valence-corrected chi connectivity index (χ1v) is 10.7. The average molecular weight is 450 g/mol. The summed E-state index contributed by atoms with van der Waals surface area (Å²) in [4.78, 5) is 18.2. The van der Waals surface area contributed by atoms with Crippen LogP contribution in [0.1, 0.15) is 30.8 Å². The van der Waals surface area contributed by atoms with Crippen LogP contribution < -0.4 is 20.1 Å². The van der Waals surface area contributed by atoms with Gasteiger partial charge >= 0.3 is 0 Å². The van der Waals surface area contributed by atoms with Crippen molar-refractivity contribution in [1.29, 1.82) is 0 Å². The highest BCUT2D eigenvalue weighted by atomic mass is 16.5. The number of aliphatic hydroxyl groups is 1. The van der Waals surface area contributed by atoms with Gasteiger partial charge < -0.3 is 25.2 Å². The maximum Gasteiger partial charge on any atom is 0.255 e. The van der Waals surface area contributed by atoms with Gasteiger partial charge in [-0.05, 0) is 43.2 Å². The number of aryl methyl sites for hydroxylation is 1. The van der Waals surface area contributed by atoms with Crippen molar-refractivity contribution in [2.45, 2.75) is 25.8 Å². The van der Waals surface area contributed by atoms with Crippen LogP contribution in [0.4, 0.5) is 11.6 Å². The molecule has 2 heterocycles. The summed E-state index contributed by atoms with van der Waals surface area (Å²) in [7, 11) is 3.16. The topological polar surface area (TPSA) is 111 Å². The minimum absolute atomic E-state index is 0.0560. The number of fused-ring (bicyclic) bond motifs is 1. The number of para-hydroxylation sites is 2. The molecular formula is C24H27N5O4. The Bertz CT molecular complexity index is 1190. The zero-order valence-corrected chi connectivity index (χ0v) is 18.8. The third kappa shape index (κ3) is 4.54. The number of anilines is 2. The Balaban J connectivity index is 1.78. The number of hydrogen-bond donors (Lipinski definition) is 3. The number of aliphatic hydroxyl groups excluding tert-OH is 1. The normalized spacial score (nSPS) is 15.0. The predicted molar refractivity (Wildman–Crippen MR) is 125 cm³/mol. The van der Waals surface area contributed by atoms with Crippen molar-refractivity contribution in [3.05, 3.63) is 71.2 Å². The Morgan fingerprint density at radius 2 is 2.00 bits per heavy atom. The summed E-state index contributed by atoms with van der Waals surface area (Å²) in [6.07, 6.45) is 1.09. The van der Waals surface area contributed by atoms with Gasteiger partial charge in [-0.25, -0.2) is 4.68 Å². The van der Waals surface area contributed by atoms with Crippen molar-refractivity contribution in [3.63, 3.8) is 0 Å². The van der Waals surface area contributed by atoms with E-state index in [-0.39, 0.29) is 12.5 Å². The maximum absolute atomic E-state index is 13.6. The standard InChI is InChI=1S/C24H27N5O4/c1-15-21(23(31)26-18-10-4-5-11-19(18)33-3)22(16-8-6-9-17(14-16)32-2)29-24(25-15)27-20(28-29)12-7-13-30/h4-6,8-11,14,22,30H,7,12-13H2,1-3H3,(H,26,31)(H,25,27,28). The van der Waals surface area contributed by atoms with Gasteiger partial charge in [0, 0.05) is 18.7 Å². The third-order valence-corrected chi connectivity index (χ3v) is 5.46. The van der Waals surface area contributed by atoms with E-state index in [9.17, 15) is 9.90 Å². The minimum atomic E-state index is -0.526. The van der Waals surface area contributed by atoms with Gasteiger partial charge in [0.05, 0.1) is 25.5 Å². The smallest absolute Gasteiger partial charge is 0.255 e. The van der Waals surface area contributed by atoms with E-state index in [2.05, 4.69) is 20.7 Å². The van der Waals surface area contributed by atoms with Crippen molar-refractivity contribution in [2.75, 3.05) is 31.5 Å². The van der Waals surface area contributed by atoms with E-state index in [0.717, 1.165) is 5.56 Å². The molecule has 1 unspecified atom stereocenters. The largest absolute Gasteiger partial charge is 0.497 e. The fourth-order valence-corrected chi connectivity index (χ4v) is 3.89. The zero-order chi connectivity index (χ0) is 23.4. The monoisotopic (exact) mass is 449 g/mol. The SMILES string of the molecule is COc1cccc(C2C(C(=O)Nc3ccccc3OC)=C(C)Nc3nc(CCCO)nn32)c1. The third-order valence-electron chi connectivity index (χ3n) is 5.46. The second kappa shape index (κ2) is 9.74. The highest BCUT2D eigenvalue weighted by Gasteiger charge is 2.34. The van der Waals surface area contributed by atoms with E-state index in [1.54, 1.807) is 31.0 Å². The molecule has 0 fully saturated rings. The summed E-state index contributed by atoms with van der Waals surface area (Å²) < 4.78 is 12.5. The average Bonchev–Trinajstić information content (AvgIpc) is 3.24. The molecule has 1 aliphatic rings. The van der Waals surface area contributed by atoms with Crippen LogP contribution in [0.5, 0.6) is 11.5 Å². The van der Waals surface area contributed by atoms with Gasteiger partial charge in [0.15, 0.2) is 5.82 Å². The van der Waals surface area contributed by atoms with Crippen molar-refractivity contribution < 1.29 is 19.4 Å². The Kier molecular flexibility index (Phi) is 6.60. The molecule has 1 aromatic heterocycles. The Morgan fingerprint density at radius 3 is 2.76 bits per heavy atom. The molecule has 3 aromatic rings. The lowest BCUT2D eigenvalue weighted by Gasteiger charge is -2.29. The van der Waals surface area contributed by atoms with E-state index in [1.165, 1.54) is 0 Å². The van der Waals surface area contributed by atoms with Gasteiger partial charge in [0.25, 0.3) is 5.91 Å². The van der Waals surface area contributed by atoms with Crippen LogP contribution in [0.15, 0.2) is 59.8 Å². The first-order chi connectivity index (χ1) is 16.0. The van der Waals surface area contributed by atoms with Crippen molar-refractivity contribution >= 4 is 17.5 Å². The number of carbonyl (C=O) groups excluding carboxylic acids is 1. The number of carbonyl (C=O) groups is 1. The fraction of sp³-hybridized carbons (Fsp3) is 0.292. The van der Waals surface area contributed by atoms with E-state index in [1.807, 2.05) is 43.3 Å². The minimum Gasteiger partial charge on any atom is -0.497 e. The van der Waals surface area contributed by atoms with Crippen LogP contribution in [0, 0.1) is 0 Å². The van der Waals surface area contributed by atoms with Crippen molar-refractivity contribution in [2.24, 2.45) is 0 Å². The summed E-state index contributed by atoms with van der Waals surface area (Å²) in [5, 5.41) is 20.0. The molecule has 0 radical (unpaired) electrons. The zero-order valence-electron chi connectivity index (χ0n) is 18.8. The number of rotatable bonds is 8. The van der Waals surface area contributed by atoms with Gasteiger partial charge in [-0.3, -0.25) is 4.79 Å². The molecule has 9 nitrogen and oxygen atoms in total. The van der Waals surface area contributed by atoms with Gasteiger partial charge in [0.2, 0.25) is 5.95 Å². The fourth-order valence-electron chi connectivity index (χ4n) is 3.89. The number of nitrogens with zero attached hydrogens (tertiary/aromatic N) is 3. The number of benzene rings is 2. The molecule has 1 aliphatic heterocycles. The van der Waals surface area contributed by atoms with Gasteiger partial charge in [-0.1, -0.05) is 24.3 Å². The van der Waals surface area contributed by atoms with Crippen LogP contribution in [-0.2, 0) is 11.2 Å². The Morgan fingerprint density at radius 1 is 1.18 bits per heavy atom. The lowest BCUT2D eigenvalue weighted by Crippen LogP contribution is -2.31. The highest BCUT2D eigenvalue weighted by Crippen LogP contribution is 2.37. The lowest BCUT2D eigenvalue weighted by atomic mass is 9.95. The summed E-state index contributed by atoms with van der Waals surface area (Å²) in [6.45, 7) is 1.90. The van der Waals surface area contributed by atoms with E-state index >= 15 is 0 Å². The Labute approximate surface area is 192 Å². The van der Waals surface area contributed by atoms with E-state index in [0.29, 0.717) is 53.1 Å².